The Labute approximate surface area is 83.3 Å². The van der Waals surface area contributed by atoms with Crippen LogP contribution in [0, 0.1) is 5.92 Å². The average Bonchev–Trinajstić information content (AvgIpc) is 2.58. The van der Waals surface area contributed by atoms with E-state index in [1.165, 1.54) is 36.0 Å². The molecular formula is C12H14N2. The van der Waals surface area contributed by atoms with Crippen molar-refractivity contribution in [2.24, 2.45) is 5.92 Å². The highest BCUT2D eigenvalue weighted by Crippen LogP contribution is 2.18. The average molecular weight is 186 g/mol. The van der Waals surface area contributed by atoms with Gasteiger partial charge in [0.15, 0.2) is 0 Å². The fourth-order valence-electron chi connectivity index (χ4n) is 2.05. The van der Waals surface area contributed by atoms with Gasteiger partial charge in [0.2, 0.25) is 0 Å². The van der Waals surface area contributed by atoms with E-state index < -0.39 is 0 Å². The number of nitrogens with one attached hydrogen (secondary N) is 2. The Morgan fingerprint density at radius 1 is 1.21 bits per heavy atom. The van der Waals surface area contributed by atoms with Crippen LogP contribution in [-0.2, 0) is 6.42 Å². The lowest BCUT2D eigenvalue weighted by Gasteiger charge is -2.27. The molecule has 3 rings (SSSR count). The van der Waals surface area contributed by atoms with Gasteiger partial charge >= 0.3 is 0 Å². The van der Waals surface area contributed by atoms with Gasteiger partial charge in [-0.3, -0.25) is 0 Å². The summed E-state index contributed by atoms with van der Waals surface area (Å²) in [7, 11) is 0. The molecule has 1 aliphatic heterocycles. The topological polar surface area (TPSA) is 27.8 Å². The SMILES string of the molecule is c1cc2ccc(CC3CNC3)cc2[nH]1. The van der Waals surface area contributed by atoms with Gasteiger partial charge in [-0.2, -0.15) is 0 Å². The molecule has 0 unspecified atom stereocenters. The van der Waals surface area contributed by atoms with Crippen molar-refractivity contribution in [3.8, 4) is 0 Å². The van der Waals surface area contributed by atoms with Crippen molar-refractivity contribution in [3.05, 3.63) is 36.0 Å². The molecule has 0 atom stereocenters. The number of rotatable bonds is 2. The second-order valence-electron chi connectivity index (χ2n) is 4.13. The van der Waals surface area contributed by atoms with Gasteiger partial charge in [-0.25, -0.2) is 0 Å². The summed E-state index contributed by atoms with van der Waals surface area (Å²) in [5.41, 5.74) is 2.71. The molecule has 2 nitrogen and oxygen atoms in total. The van der Waals surface area contributed by atoms with E-state index in [1.807, 2.05) is 6.20 Å². The maximum absolute atomic E-state index is 3.31. The van der Waals surface area contributed by atoms with Gasteiger partial charge in [0.05, 0.1) is 0 Å². The van der Waals surface area contributed by atoms with Gasteiger partial charge in [-0.05, 0) is 48.5 Å². The number of hydrogen-bond acceptors (Lipinski definition) is 1. The van der Waals surface area contributed by atoms with Crippen LogP contribution in [0.3, 0.4) is 0 Å². The molecule has 2 aromatic rings. The lowest BCUT2D eigenvalue weighted by atomic mass is 9.94. The molecule has 1 saturated heterocycles. The van der Waals surface area contributed by atoms with E-state index in [9.17, 15) is 0 Å². The highest BCUT2D eigenvalue weighted by atomic mass is 14.9. The Balaban J connectivity index is 1.88. The summed E-state index contributed by atoms with van der Waals surface area (Å²) in [6, 6.07) is 8.83. The lowest BCUT2D eigenvalue weighted by Crippen LogP contribution is -2.43. The highest BCUT2D eigenvalue weighted by molar-refractivity contribution is 5.79. The largest absolute Gasteiger partial charge is 0.361 e. The highest BCUT2D eigenvalue weighted by Gasteiger charge is 2.16. The van der Waals surface area contributed by atoms with Crippen molar-refractivity contribution in [1.29, 1.82) is 0 Å². The monoisotopic (exact) mass is 186 g/mol. The summed E-state index contributed by atoms with van der Waals surface area (Å²) in [4.78, 5) is 3.25. The van der Waals surface area contributed by atoms with E-state index in [2.05, 4.69) is 34.6 Å². The smallest absolute Gasteiger partial charge is 0.0456 e. The van der Waals surface area contributed by atoms with Crippen LogP contribution < -0.4 is 5.32 Å². The molecule has 0 saturated carbocycles. The lowest BCUT2D eigenvalue weighted by molar-refractivity contribution is 0.346. The molecule has 72 valence electrons. The van der Waals surface area contributed by atoms with Crippen molar-refractivity contribution in [3.63, 3.8) is 0 Å². The first-order valence-electron chi connectivity index (χ1n) is 5.18. The van der Waals surface area contributed by atoms with Crippen molar-refractivity contribution in [2.75, 3.05) is 13.1 Å². The minimum Gasteiger partial charge on any atom is -0.361 e. The van der Waals surface area contributed by atoms with Gasteiger partial charge < -0.3 is 10.3 Å². The number of benzene rings is 1. The van der Waals surface area contributed by atoms with Crippen molar-refractivity contribution in [2.45, 2.75) is 6.42 Å². The molecule has 1 fully saturated rings. The molecule has 0 amide bonds. The zero-order valence-corrected chi connectivity index (χ0v) is 8.09. The van der Waals surface area contributed by atoms with Gasteiger partial charge in [0.1, 0.15) is 0 Å². The zero-order valence-electron chi connectivity index (χ0n) is 8.09. The van der Waals surface area contributed by atoms with E-state index in [-0.39, 0.29) is 0 Å². The van der Waals surface area contributed by atoms with Crippen LogP contribution in [-0.4, -0.2) is 18.1 Å². The molecule has 1 aromatic heterocycles. The summed E-state index contributed by atoms with van der Waals surface area (Å²) in [5.74, 6) is 0.849. The Morgan fingerprint density at radius 2 is 2.14 bits per heavy atom. The third kappa shape index (κ3) is 1.32. The van der Waals surface area contributed by atoms with E-state index >= 15 is 0 Å². The van der Waals surface area contributed by atoms with Crippen LogP contribution in [0.15, 0.2) is 30.5 Å². The molecule has 2 heteroatoms. The second kappa shape index (κ2) is 3.14. The quantitative estimate of drug-likeness (QED) is 0.737. The minimum absolute atomic E-state index is 0.849. The van der Waals surface area contributed by atoms with Crippen molar-refractivity contribution < 1.29 is 0 Å². The van der Waals surface area contributed by atoms with Crippen LogP contribution in [0.2, 0.25) is 0 Å². The number of fused-ring (bicyclic) bond motifs is 1. The van der Waals surface area contributed by atoms with Gasteiger partial charge in [0, 0.05) is 11.7 Å². The Kier molecular flexibility index (Phi) is 1.81. The summed E-state index contributed by atoms with van der Waals surface area (Å²) >= 11 is 0. The predicted molar refractivity (Wildman–Crippen MR) is 58.4 cm³/mol. The van der Waals surface area contributed by atoms with Crippen LogP contribution in [0.1, 0.15) is 5.56 Å². The normalized spacial score (nSPS) is 17.1. The van der Waals surface area contributed by atoms with Crippen molar-refractivity contribution in [1.82, 2.24) is 10.3 Å². The maximum atomic E-state index is 3.31. The minimum atomic E-state index is 0.849. The van der Waals surface area contributed by atoms with E-state index in [4.69, 9.17) is 0 Å². The number of aromatic amines is 1. The van der Waals surface area contributed by atoms with E-state index in [1.54, 1.807) is 0 Å². The third-order valence-electron chi connectivity index (χ3n) is 3.01. The van der Waals surface area contributed by atoms with Gasteiger partial charge in [-0.15, -0.1) is 0 Å². The first-order chi connectivity index (χ1) is 6.92. The number of hydrogen-bond donors (Lipinski definition) is 2. The Bertz CT molecular complexity index is 440. The van der Waals surface area contributed by atoms with E-state index in [0.717, 1.165) is 5.92 Å². The van der Waals surface area contributed by atoms with Gasteiger partial charge in [0.25, 0.3) is 0 Å². The Morgan fingerprint density at radius 3 is 2.93 bits per heavy atom. The second-order valence-corrected chi connectivity index (χ2v) is 4.13. The molecular weight excluding hydrogens is 172 g/mol. The summed E-state index contributed by atoms with van der Waals surface area (Å²) in [6.07, 6.45) is 3.21. The molecule has 2 N–H and O–H groups in total. The van der Waals surface area contributed by atoms with Crippen LogP contribution in [0.25, 0.3) is 10.9 Å². The summed E-state index contributed by atoms with van der Waals surface area (Å²) in [6.45, 7) is 2.37. The molecule has 1 aromatic carbocycles. The number of aromatic nitrogens is 1. The first-order valence-corrected chi connectivity index (χ1v) is 5.18. The molecule has 0 spiro atoms. The van der Waals surface area contributed by atoms with E-state index in [0.29, 0.717) is 0 Å². The zero-order chi connectivity index (χ0) is 9.38. The Hall–Kier alpha value is -1.28. The van der Waals surface area contributed by atoms with Crippen LogP contribution >= 0.6 is 0 Å². The standard InChI is InChI=1S/C12H14N2/c1-2-11-3-4-14-12(11)6-9(1)5-10-7-13-8-10/h1-4,6,10,13-14H,5,7-8H2. The molecule has 14 heavy (non-hydrogen) atoms. The fourth-order valence-corrected chi connectivity index (χ4v) is 2.05. The van der Waals surface area contributed by atoms with Gasteiger partial charge in [-0.1, -0.05) is 12.1 Å². The van der Waals surface area contributed by atoms with Crippen molar-refractivity contribution >= 4 is 10.9 Å². The summed E-state index contributed by atoms with van der Waals surface area (Å²) < 4.78 is 0. The molecule has 2 heterocycles. The summed E-state index contributed by atoms with van der Waals surface area (Å²) in [5, 5.41) is 4.61. The fraction of sp³-hybridized carbons (Fsp3) is 0.333. The predicted octanol–water partition coefficient (Wildman–Crippen LogP) is 1.93. The molecule has 1 aliphatic rings. The van der Waals surface area contributed by atoms with Crippen LogP contribution in [0.4, 0.5) is 0 Å². The maximum Gasteiger partial charge on any atom is 0.0456 e. The molecule has 0 radical (unpaired) electrons. The first kappa shape index (κ1) is 8.06. The number of H-pyrrole nitrogens is 1. The van der Waals surface area contributed by atoms with Crippen LogP contribution in [0.5, 0.6) is 0 Å². The molecule has 0 aliphatic carbocycles. The molecule has 0 bridgehead atoms. The third-order valence-corrected chi connectivity index (χ3v) is 3.01.